The van der Waals surface area contributed by atoms with E-state index in [4.69, 9.17) is 0 Å². The maximum Gasteiger partial charge on any atom is 0.155 e. The molecular formula is C16H21N5. The first-order valence-corrected chi connectivity index (χ1v) is 7.43. The van der Waals surface area contributed by atoms with E-state index in [0.29, 0.717) is 11.8 Å². The molecule has 3 rings (SSSR count). The van der Waals surface area contributed by atoms with E-state index in [9.17, 15) is 0 Å². The van der Waals surface area contributed by atoms with Crippen LogP contribution in [-0.4, -0.2) is 26.3 Å². The van der Waals surface area contributed by atoms with Gasteiger partial charge in [0.1, 0.15) is 12.7 Å². The highest BCUT2D eigenvalue weighted by Gasteiger charge is 2.17. The molecule has 1 aliphatic carbocycles. The van der Waals surface area contributed by atoms with Crippen molar-refractivity contribution in [3.05, 3.63) is 42.6 Å². The lowest BCUT2D eigenvalue weighted by atomic mass is 9.84. The van der Waals surface area contributed by atoms with Gasteiger partial charge < -0.3 is 5.32 Å². The normalized spacial score (nSPS) is 21.9. The smallest absolute Gasteiger partial charge is 0.155 e. The van der Waals surface area contributed by atoms with Gasteiger partial charge in [0.2, 0.25) is 0 Å². The average Bonchev–Trinajstić information content (AvgIpc) is 2.99. The Hall–Kier alpha value is -2.17. The van der Waals surface area contributed by atoms with Crippen molar-refractivity contribution >= 4 is 5.69 Å². The molecule has 0 amide bonds. The van der Waals surface area contributed by atoms with Gasteiger partial charge in [0.05, 0.1) is 11.9 Å². The quantitative estimate of drug-likeness (QED) is 0.876. The van der Waals surface area contributed by atoms with Crippen molar-refractivity contribution < 1.29 is 0 Å². The maximum atomic E-state index is 4.40. The highest BCUT2D eigenvalue weighted by Crippen LogP contribution is 2.27. The molecule has 110 valence electrons. The van der Waals surface area contributed by atoms with Gasteiger partial charge >= 0.3 is 0 Å². The molecule has 0 aliphatic heterocycles. The Morgan fingerprint density at radius 1 is 1.38 bits per heavy atom. The molecule has 0 saturated carbocycles. The van der Waals surface area contributed by atoms with Crippen molar-refractivity contribution in [1.82, 2.24) is 19.7 Å². The van der Waals surface area contributed by atoms with Crippen molar-refractivity contribution in [1.29, 1.82) is 0 Å². The van der Waals surface area contributed by atoms with Gasteiger partial charge in [-0.2, -0.15) is 5.10 Å². The summed E-state index contributed by atoms with van der Waals surface area (Å²) in [6.45, 7) is 5.53. The molecule has 1 aliphatic rings. The van der Waals surface area contributed by atoms with Crippen LogP contribution in [0.5, 0.6) is 0 Å². The first-order valence-electron chi connectivity index (χ1n) is 7.43. The zero-order chi connectivity index (χ0) is 14.7. The van der Waals surface area contributed by atoms with E-state index in [0.717, 1.165) is 18.1 Å². The minimum Gasteiger partial charge on any atom is -0.384 e. The maximum absolute atomic E-state index is 4.40. The highest BCUT2D eigenvalue weighted by molar-refractivity contribution is 5.43. The molecule has 2 heterocycles. The molecule has 5 heteroatoms. The molecule has 2 atom stereocenters. The molecular weight excluding hydrogens is 262 g/mol. The van der Waals surface area contributed by atoms with Gasteiger partial charge in [-0.3, -0.25) is 0 Å². The lowest BCUT2D eigenvalue weighted by Crippen LogP contribution is -2.20. The summed E-state index contributed by atoms with van der Waals surface area (Å²) in [5.74, 6) is 2.18. The van der Waals surface area contributed by atoms with Crippen LogP contribution >= 0.6 is 0 Å². The van der Waals surface area contributed by atoms with Crippen LogP contribution in [0.1, 0.15) is 26.7 Å². The Labute approximate surface area is 125 Å². The van der Waals surface area contributed by atoms with Crippen LogP contribution in [-0.2, 0) is 0 Å². The number of hydrogen-bond donors (Lipinski definition) is 1. The number of pyridine rings is 1. The average molecular weight is 283 g/mol. The van der Waals surface area contributed by atoms with Crippen LogP contribution in [0.15, 0.2) is 42.6 Å². The van der Waals surface area contributed by atoms with Gasteiger partial charge in [-0.15, -0.1) is 0 Å². The van der Waals surface area contributed by atoms with Gasteiger partial charge in [0.15, 0.2) is 5.82 Å². The summed E-state index contributed by atoms with van der Waals surface area (Å²) in [5, 5.41) is 7.56. The summed E-state index contributed by atoms with van der Waals surface area (Å²) >= 11 is 0. The fourth-order valence-electron chi connectivity index (χ4n) is 3.06. The SMILES string of the molecule is CC1=CC(C)CC(CNc2ccc(-n3cncn3)nc2)C1. The van der Waals surface area contributed by atoms with E-state index in [-0.39, 0.29) is 0 Å². The number of aromatic nitrogens is 4. The molecule has 2 aromatic rings. The lowest BCUT2D eigenvalue weighted by molar-refractivity contribution is 0.421. The van der Waals surface area contributed by atoms with Crippen molar-refractivity contribution in [2.75, 3.05) is 11.9 Å². The Kier molecular flexibility index (Phi) is 3.99. The molecule has 0 fully saturated rings. The van der Waals surface area contributed by atoms with Crippen LogP contribution in [0, 0.1) is 11.8 Å². The third-order valence-electron chi connectivity index (χ3n) is 3.88. The number of allylic oxidation sites excluding steroid dienone is 2. The van der Waals surface area contributed by atoms with Crippen molar-refractivity contribution in [2.45, 2.75) is 26.7 Å². The second-order valence-electron chi connectivity index (χ2n) is 5.92. The zero-order valence-corrected chi connectivity index (χ0v) is 12.5. The molecule has 1 N–H and O–H groups in total. The van der Waals surface area contributed by atoms with Crippen molar-refractivity contribution in [2.24, 2.45) is 11.8 Å². The van der Waals surface area contributed by atoms with Crippen LogP contribution < -0.4 is 5.32 Å². The first kappa shape index (κ1) is 13.8. The number of hydrogen-bond acceptors (Lipinski definition) is 4. The summed E-state index contributed by atoms with van der Waals surface area (Å²) in [7, 11) is 0. The second kappa shape index (κ2) is 6.08. The van der Waals surface area contributed by atoms with E-state index in [1.807, 2.05) is 18.3 Å². The molecule has 2 unspecified atom stereocenters. The zero-order valence-electron chi connectivity index (χ0n) is 12.5. The number of anilines is 1. The van der Waals surface area contributed by atoms with Crippen molar-refractivity contribution in [3.8, 4) is 5.82 Å². The molecule has 0 bridgehead atoms. The second-order valence-corrected chi connectivity index (χ2v) is 5.92. The van der Waals surface area contributed by atoms with E-state index >= 15 is 0 Å². The third kappa shape index (κ3) is 3.48. The van der Waals surface area contributed by atoms with E-state index in [1.165, 1.54) is 24.7 Å². The molecule has 0 radical (unpaired) electrons. The van der Waals surface area contributed by atoms with Gasteiger partial charge in [-0.05, 0) is 43.7 Å². The summed E-state index contributed by atoms with van der Waals surface area (Å²) in [4.78, 5) is 8.32. The van der Waals surface area contributed by atoms with Crippen molar-refractivity contribution in [3.63, 3.8) is 0 Å². The summed E-state index contributed by atoms with van der Waals surface area (Å²) in [6, 6.07) is 3.99. The predicted molar refractivity (Wildman–Crippen MR) is 83.3 cm³/mol. The van der Waals surface area contributed by atoms with E-state index in [1.54, 1.807) is 11.0 Å². The Balaban J connectivity index is 1.58. The molecule has 2 aromatic heterocycles. The van der Waals surface area contributed by atoms with E-state index < -0.39 is 0 Å². The van der Waals surface area contributed by atoms with Crippen LogP contribution in [0.4, 0.5) is 5.69 Å². The topological polar surface area (TPSA) is 55.6 Å². The molecule has 0 aromatic carbocycles. The number of nitrogens with zero attached hydrogens (tertiary/aromatic N) is 4. The van der Waals surface area contributed by atoms with Crippen LogP contribution in [0.2, 0.25) is 0 Å². The third-order valence-corrected chi connectivity index (χ3v) is 3.88. The van der Waals surface area contributed by atoms with Gasteiger partial charge in [-0.25, -0.2) is 14.6 Å². The summed E-state index contributed by atoms with van der Waals surface area (Å²) in [6.07, 6.45) is 9.86. The van der Waals surface area contributed by atoms with Gasteiger partial charge in [-0.1, -0.05) is 18.6 Å². The van der Waals surface area contributed by atoms with Gasteiger partial charge in [0, 0.05) is 6.54 Å². The van der Waals surface area contributed by atoms with E-state index in [2.05, 4.69) is 40.3 Å². The predicted octanol–water partition coefficient (Wildman–Crippen LogP) is 3.07. The fraction of sp³-hybridized carbons (Fsp3) is 0.438. The molecule has 21 heavy (non-hydrogen) atoms. The minimum atomic E-state index is 0.693. The van der Waals surface area contributed by atoms with Crippen LogP contribution in [0.25, 0.3) is 5.82 Å². The highest BCUT2D eigenvalue weighted by atomic mass is 15.3. The lowest BCUT2D eigenvalue weighted by Gasteiger charge is -2.25. The first-order chi connectivity index (χ1) is 10.2. The Bertz CT molecular complexity index is 600. The largest absolute Gasteiger partial charge is 0.384 e. The molecule has 5 nitrogen and oxygen atoms in total. The monoisotopic (exact) mass is 283 g/mol. The minimum absolute atomic E-state index is 0.693. The van der Waals surface area contributed by atoms with Crippen LogP contribution in [0.3, 0.4) is 0 Å². The number of nitrogens with one attached hydrogen (secondary N) is 1. The molecule has 0 saturated heterocycles. The Morgan fingerprint density at radius 2 is 2.29 bits per heavy atom. The standard InChI is InChI=1S/C16H21N5/c1-12-5-13(2)7-14(6-12)8-18-15-3-4-16(19-9-15)21-11-17-10-20-21/h3-5,9-12,14,18H,6-8H2,1-2H3. The fourth-order valence-corrected chi connectivity index (χ4v) is 3.06. The number of rotatable bonds is 4. The molecule has 0 spiro atoms. The summed E-state index contributed by atoms with van der Waals surface area (Å²) < 4.78 is 1.65. The Morgan fingerprint density at radius 3 is 2.95 bits per heavy atom. The van der Waals surface area contributed by atoms with Gasteiger partial charge in [0.25, 0.3) is 0 Å². The summed E-state index contributed by atoms with van der Waals surface area (Å²) in [5.41, 5.74) is 2.57.